The number of nitrogens with zero attached hydrogens (tertiary/aromatic N) is 1. The second-order valence-electron chi connectivity index (χ2n) is 3.29. The molecule has 0 heterocycles. The van der Waals surface area contributed by atoms with Crippen LogP contribution in [0.5, 0.6) is 0 Å². The Morgan fingerprint density at radius 2 is 2.07 bits per heavy atom. The molecule has 0 amide bonds. The molecule has 0 bridgehead atoms. The maximum Gasteiger partial charge on any atom is 0.148 e. The van der Waals surface area contributed by atoms with Gasteiger partial charge in [0, 0.05) is 18.8 Å². The molecule has 0 radical (unpaired) electrons. The highest BCUT2D eigenvalue weighted by Crippen LogP contribution is 2.21. The number of halogens is 1. The van der Waals surface area contributed by atoms with E-state index < -0.39 is 0 Å². The van der Waals surface area contributed by atoms with Gasteiger partial charge in [0.25, 0.3) is 0 Å². The van der Waals surface area contributed by atoms with Crippen molar-refractivity contribution in [3.8, 4) is 0 Å². The lowest BCUT2D eigenvalue weighted by molar-refractivity contribution is 0.617. The summed E-state index contributed by atoms with van der Waals surface area (Å²) in [4.78, 5) is 2.01. The van der Waals surface area contributed by atoms with Gasteiger partial charge in [0.05, 0.1) is 5.69 Å². The average Bonchev–Trinajstić information content (AvgIpc) is 2.15. The molecule has 0 unspecified atom stereocenters. The van der Waals surface area contributed by atoms with Crippen LogP contribution < -0.4 is 10.6 Å². The Morgan fingerprint density at radius 3 is 2.57 bits per heavy atom. The van der Waals surface area contributed by atoms with Crippen LogP contribution in [0.2, 0.25) is 0 Å². The zero-order valence-corrected chi connectivity index (χ0v) is 8.76. The molecule has 0 fully saturated rings. The van der Waals surface area contributed by atoms with Crippen LogP contribution in [0.4, 0.5) is 15.8 Å². The first-order chi connectivity index (χ1) is 6.69. The molecule has 2 nitrogen and oxygen atoms in total. The lowest BCUT2D eigenvalue weighted by atomic mass is 10.2. The van der Waals surface area contributed by atoms with Gasteiger partial charge in [0.2, 0.25) is 0 Å². The smallest absolute Gasteiger partial charge is 0.148 e. The van der Waals surface area contributed by atoms with Crippen LogP contribution in [0.15, 0.2) is 18.2 Å². The molecule has 0 aliphatic carbocycles. The molecule has 0 saturated carbocycles. The highest BCUT2D eigenvalue weighted by atomic mass is 19.1. The van der Waals surface area contributed by atoms with Crippen LogP contribution >= 0.6 is 0 Å². The fraction of sp³-hybridized carbons (Fsp3) is 0.455. The fourth-order valence-corrected chi connectivity index (χ4v) is 1.50. The van der Waals surface area contributed by atoms with Crippen molar-refractivity contribution < 1.29 is 4.39 Å². The van der Waals surface area contributed by atoms with Gasteiger partial charge in [-0.3, -0.25) is 0 Å². The molecular formula is C11H17FN2. The number of rotatable bonds is 4. The van der Waals surface area contributed by atoms with Crippen molar-refractivity contribution in [2.75, 3.05) is 23.7 Å². The maximum atomic E-state index is 13.5. The third kappa shape index (κ3) is 2.37. The molecule has 0 aliphatic rings. The molecule has 78 valence electrons. The van der Waals surface area contributed by atoms with Crippen LogP contribution in [0, 0.1) is 5.82 Å². The van der Waals surface area contributed by atoms with Crippen LogP contribution in [0.1, 0.15) is 20.3 Å². The van der Waals surface area contributed by atoms with E-state index in [9.17, 15) is 4.39 Å². The van der Waals surface area contributed by atoms with Crippen molar-refractivity contribution in [3.63, 3.8) is 0 Å². The van der Waals surface area contributed by atoms with Gasteiger partial charge < -0.3 is 10.6 Å². The van der Waals surface area contributed by atoms with Gasteiger partial charge in [-0.1, -0.05) is 6.92 Å². The summed E-state index contributed by atoms with van der Waals surface area (Å²) in [6.45, 7) is 5.79. The quantitative estimate of drug-likeness (QED) is 0.750. The first-order valence-corrected chi connectivity index (χ1v) is 4.99. The number of hydrogen-bond acceptors (Lipinski definition) is 2. The molecule has 1 aromatic carbocycles. The molecule has 1 aromatic rings. The van der Waals surface area contributed by atoms with Gasteiger partial charge in [0.15, 0.2) is 0 Å². The number of nitrogen functional groups attached to an aromatic ring is 1. The molecule has 0 aliphatic heterocycles. The Morgan fingerprint density at radius 1 is 1.36 bits per heavy atom. The first-order valence-electron chi connectivity index (χ1n) is 4.99. The topological polar surface area (TPSA) is 29.3 Å². The van der Waals surface area contributed by atoms with E-state index in [1.54, 1.807) is 12.1 Å². The monoisotopic (exact) mass is 196 g/mol. The van der Waals surface area contributed by atoms with Gasteiger partial charge in [0.1, 0.15) is 5.82 Å². The van der Waals surface area contributed by atoms with Gasteiger partial charge in [-0.15, -0.1) is 0 Å². The fourth-order valence-electron chi connectivity index (χ4n) is 1.50. The van der Waals surface area contributed by atoms with Crippen LogP contribution in [0.25, 0.3) is 0 Å². The second-order valence-corrected chi connectivity index (χ2v) is 3.29. The molecule has 14 heavy (non-hydrogen) atoms. The van der Waals surface area contributed by atoms with E-state index >= 15 is 0 Å². The summed E-state index contributed by atoms with van der Waals surface area (Å²) in [5, 5.41) is 0. The minimum atomic E-state index is -0.236. The summed E-state index contributed by atoms with van der Waals surface area (Å²) in [5.41, 5.74) is 6.60. The van der Waals surface area contributed by atoms with E-state index in [0.717, 1.165) is 19.5 Å². The van der Waals surface area contributed by atoms with Crippen LogP contribution in [-0.2, 0) is 0 Å². The summed E-state index contributed by atoms with van der Waals surface area (Å²) in [6, 6.07) is 4.84. The molecular weight excluding hydrogens is 179 g/mol. The molecule has 2 N–H and O–H groups in total. The Labute approximate surface area is 84.5 Å². The minimum Gasteiger partial charge on any atom is -0.399 e. The van der Waals surface area contributed by atoms with Crippen molar-refractivity contribution in [2.45, 2.75) is 20.3 Å². The van der Waals surface area contributed by atoms with Crippen LogP contribution in [0.3, 0.4) is 0 Å². The third-order valence-electron chi connectivity index (χ3n) is 2.19. The SMILES string of the molecule is CCCN(CC)c1ccc(N)cc1F. The number of anilines is 2. The van der Waals surface area contributed by atoms with E-state index in [1.807, 2.05) is 11.8 Å². The van der Waals surface area contributed by atoms with E-state index in [2.05, 4.69) is 6.92 Å². The zero-order chi connectivity index (χ0) is 10.6. The summed E-state index contributed by atoms with van der Waals surface area (Å²) >= 11 is 0. The van der Waals surface area contributed by atoms with Gasteiger partial charge in [-0.25, -0.2) is 4.39 Å². The van der Waals surface area contributed by atoms with Gasteiger partial charge >= 0.3 is 0 Å². The molecule has 0 spiro atoms. The number of benzene rings is 1. The maximum absolute atomic E-state index is 13.5. The van der Waals surface area contributed by atoms with Gasteiger partial charge in [-0.05, 0) is 31.5 Å². The predicted molar refractivity (Wildman–Crippen MR) is 59.0 cm³/mol. The Balaban J connectivity index is 2.92. The minimum absolute atomic E-state index is 0.236. The molecule has 1 rings (SSSR count). The lowest BCUT2D eigenvalue weighted by Gasteiger charge is -2.22. The molecule has 3 heteroatoms. The Kier molecular flexibility index (Phi) is 3.74. The zero-order valence-electron chi connectivity index (χ0n) is 8.76. The van der Waals surface area contributed by atoms with Crippen molar-refractivity contribution >= 4 is 11.4 Å². The summed E-state index contributed by atoms with van der Waals surface area (Å²) in [5.74, 6) is -0.236. The van der Waals surface area contributed by atoms with Crippen molar-refractivity contribution in [1.82, 2.24) is 0 Å². The summed E-state index contributed by atoms with van der Waals surface area (Å²) in [6.07, 6.45) is 1.01. The average molecular weight is 196 g/mol. The largest absolute Gasteiger partial charge is 0.399 e. The van der Waals surface area contributed by atoms with E-state index in [-0.39, 0.29) is 5.82 Å². The molecule has 0 aromatic heterocycles. The normalized spacial score (nSPS) is 10.2. The van der Waals surface area contributed by atoms with Gasteiger partial charge in [-0.2, -0.15) is 0 Å². The Bertz CT molecular complexity index is 299. The van der Waals surface area contributed by atoms with E-state index in [4.69, 9.17) is 5.73 Å². The van der Waals surface area contributed by atoms with Crippen LogP contribution in [-0.4, -0.2) is 13.1 Å². The highest BCUT2D eigenvalue weighted by Gasteiger charge is 2.08. The van der Waals surface area contributed by atoms with Crippen molar-refractivity contribution in [1.29, 1.82) is 0 Å². The third-order valence-corrected chi connectivity index (χ3v) is 2.19. The molecule has 0 saturated heterocycles. The number of hydrogen-bond donors (Lipinski definition) is 1. The standard InChI is InChI=1S/C11H17FN2/c1-3-7-14(4-2)11-6-5-9(13)8-10(11)12/h5-6,8H,3-4,7,13H2,1-2H3. The second kappa shape index (κ2) is 4.84. The van der Waals surface area contributed by atoms with Crippen molar-refractivity contribution in [3.05, 3.63) is 24.0 Å². The summed E-state index contributed by atoms with van der Waals surface area (Å²) in [7, 11) is 0. The molecule has 0 atom stereocenters. The highest BCUT2D eigenvalue weighted by molar-refractivity contribution is 5.54. The predicted octanol–water partition coefficient (Wildman–Crippen LogP) is 2.64. The summed E-state index contributed by atoms with van der Waals surface area (Å²) < 4.78 is 13.5. The first kappa shape index (κ1) is 10.8. The van der Waals surface area contributed by atoms with E-state index in [1.165, 1.54) is 6.07 Å². The van der Waals surface area contributed by atoms with E-state index in [0.29, 0.717) is 11.4 Å². The number of nitrogens with two attached hydrogens (primary N) is 1. The Hall–Kier alpha value is -1.25. The lowest BCUT2D eigenvalue weighted by Crippen LogP contribution is -2.24. The van der Waals surface area contributed by atoms with Crippen molar-refractivity contribution in [2.24, 2.45) is 0 Å².